The first kappa shape index (κ1) is 15.2. The van der Waals surface area contributed by atoms with Crippen LogP contribution in [0.5, 0.6) is 11.5 Å². The van der Waals surface area contributed by atoms with E-state index < -0.39 is 0 Å². The molecule has 0 aliphatic heterocycles. The van der Waals surface area contributed by atoms with Crippen LogP contribution >= 0.6 is 0 Å². The van der Waals surface area contributed by atoms with Crippen LogP contribution in [-0.4, -0.2) is 20.3 Å². The Bertz CT molecular complexity index is 601. The minimum absolute atomic E-state index is 0.147. The van der Waals surface area contributed by atoms with E-state index in [0.717, 1.165) is 29.2 Å². The van der Waals surface area contributed by atoms with Gasteiger partial charge in [0.2, 0.25) is 0 Å². The lowest BCUT2D eigenvalue weighted by molar-refractivity contribution is 0.395. The van der Waals surface area contributed by atoms with Gasteiger partial charge in [0.25, 0.3) is 0 Å². The molecule has 1 atom stereocenters. The highest BCUT2D eigenvalue weighted by Gasteiger charge is 2.09. The van der Waals surface area contributed by atoms with E-state index in [1.54, 1.807) is 26.4 Å². The van der Waals surface area contributed by atoms with Crippen molar-refractivity contribution in [3.63, 3.8) is 0 Å². The lowest BCUT2D eigenvalue weighted by Crippen LogP contribution is -2.18. The fraction of sp³-hybridized carbons (Fsp3) is 0.294. The molecule has 0 fully saturated rings. The van der Waals surface area contributed by atoms with Gasteiger partial charge in [-0.2, -0.15) is 0 Å². The molecule has 0 aliphatic rings. The molecule has 0 amide bonds. The number of rotatable bonds is 6. The van der Waals surface area contributed by atoms with Crippen molar-refractivity contribution in [2.45, 2.75) is 19.4 Å². The molecule has 112 valence electrons. The third kappa shape index (κ3) is 4.12. The van der Waals surface area contributed by atoms with E-state index in [1.807, 2.05) is 24.3 Å². The number of nitrogens with one attached hydrogen (secondary N) is 1. The van der Waals surface area contributed by atoms with Crippen molar-refractivity contribution < 1.29 is 13.9 Å². The third-order valence-electron chi connectivity index (χ3n) is 3.24. The van der Waals surface area contributed by atoms with Crippen LogP contribution < -0.4 is 14.8 Å². The van der Waals surface area contributed by atoms with E-state index in [9.17, 15) is 4.39 Å². The molecule has 2 aromatic rings. The third-order valence-corrected chi connectivity index (χ3v) is 3.24. The van der Waals surface area contributed by atoms with Crippen molar-refractivity contribution in [2.24, 2.45) is 0 Å². The zero-order chi connectivity index (χ0) is 15.2. The van der Waals surface area contributed by atoms with E-state index >= 15 is 0 Å². The standard InChI is InChI=1S/C17H20FNO2/c1-12(9-13-5-4-6-14(18)10-13)19-16-8-7-15(20-2)11-17(16)21-3/h4-8,10-12,19H,9H2,1-3H3. The minimum atomic E-state index is -0.207. The molecule has 1 unspecified atom stereocenters. The first-order chi connectivity index (χ1) is 10.1. The quantitative estimate of drug-likeness (QED) is 0.875. The second kappa shape index (κ2) is 6.97. The van der Waals surface area contributed by atoms with Crippen molar-refractivity contribution in [3.05, 3.63) is 53.8 Å². The summed E-state index contributed by atoms with van der Waals surface area (Å²) >= 11 is 0. The average Bonchev–Trinajstić information content (AvgIpc) is 2.47. The number of ether oxygens (including phenoxy) is 2. The van der Waals surface area contributed by atoms with Crippen LogP contribution in [0.15, 0.2) is 42.5 Å². The minimum Gasteiger partial charge on any atom is -0.497 e. The van der Waals surface area contributed by atoms with Crippen LogP contribution in [0.1, 0.15) is 12.5 Å². The van der Waals surface area contributed by atoms with Gasteiger partial charge < -0.3 is 14.8 Å². The van der Waals surface area contributed by atoms with Gasteiger partial charge in [-0.25, -0.2) is 4.39 Å². The van der Waals surface area contributed by atoms with Gasteiger partial charge >= 0.3 is 0 Å². The van der Waals surface area contributed by atoms with E-state index in [2.05, 4.69) is 12.2 Å². The summed E-state index contributed by atoms with van der Waals surface area (Å²) in [6, 6.07) is 12.4. The number of halogens is 1. The van der Waals surface area contributed by atoms with Gasteiger partial charge in [-0.3, -0.25) is 0 Å². The zero-order valence-electron chi connectivity index (χ0n) is 12.5. The van der Waals surface area contributed by atoms with Gasteiger partial charge in [0, 0.05) is 12.1 Å². The van der Waals surface area contributed by atoms with E-state index in [0.29, 0.717) is 0 Å². The van der Waals surface area contributed by atoms with Gasteiger partial charge in [0.15, 0.2) is 0 Å². The van der Waals surface area contributed by atoms with Crippen LogP contribution in [0.3, 0.4) is 0 Å². The molecule has 0 saturated heterocycles. The first-order valence-electron chi connectivity index (χ1n) is 6.85. The Morgan fingerprint density at radius 3 is 2.57 bits per heavy atom. The van der Waals surface area contributed by atoms with Gasteiger partial charge in [0.05, 0.1) is 19.9 Å². The summed E-state index contributed by atoms with van der Waals surface area (Å²) in [5, 5.41) is 3.38. The van der Waals surface area contributed by atoms with Crippen molar-refractivity contribution in [2.75, 3.05) is 19.5 Å². The average molecular weight is 289 g/mol. The molecule has 0 heterocycles. The highest BCUT2D eigenvalue weighted by Crippen LogP contribution is 2.29. The maximum atomic E-state index is 13.2. The van der Waals surface area contributed by atoms with Gasteiger partial charge in [-0.15, -0.1) is 0 Å². The second-order valence-electron chi connectivity index (χ2n) is 4.95. The molecule has 0 saturated carbocycles. The number of methoxy groups -OCH3 is 2. The van der Waals surface area contributed by atoms with Gasteiger partial charge in [-0.1, -0.05) is 12.1 Å². The Morgan fingerprint density at radius 2 is 1.90 bits per heavy atom. The molecule has 4 heteroatoms. The summed E-state index contributed by atoms with van der Waals surface area (Å²) in [4.78, 5) is 0. The molecule has 0 bridgehead atoms. The van der Waals surface area contributed by atoms with E-state index in [-0.39, 0.29) is 11.9 Å². The predicted molar refractivity (Wildman–Crippen MR) is 82.7 cm³/mol. The summed E-state index contributed by atoms with van der Waals surface area (Å²) in [5.74, 6) is 1.26. The molecule has 2 rings (SSSR count). The van der Waals surface area contributed by atoms with E-state index in [4.69, 9.17) is 9.47 Å². The molecule has 0 spiro atoms. The Kier molecular flexibility index (Phi) is 5.04. The van der Waals surface area contributed by atoms with Crippen LogP contribution in [0, 0.1) is 5.82 Å². The van der Waals surface area contributed by atoms with Crippen LogP contribution in [0.25, 0.3) is 0 Å². The fourth-order valence-corrected chi connectivity index (χ4v) is 2.25. The van der Waals surface area contributed by atoms with Crippen molar-refractivity contribution >= 4 is 5.69 Å². The van der Waals surface area contributed by atoms with Crippen molar-refractivity contribution in [3.8, 4) is 11.5 Å². The Labute approximate surface area is 124 Å². The summed E-state index contributed by atoms with van der Waals surface area (Å²) in [6.45, 7) is 2.05. The topological polar surface area (TPSA) is 30.5 Å². The van der Waals surface area contributed by atoms with Crippen LogP contribution in [0.4, 0.5) is 10.1 Å². The summed E-state index contributed by atoms with van der Waals surface area (Å²) in [5.41, 5.74) is 1.85. The molecule has 0 aliphatic carbocycles. The van der Waals surface area contributed by atoms with Crippen molar-refractivity contribution in [1.29, 1.82) is 0 Å². The molecule has 1 N–H and O–H groups in total. The first-order valence-corrected chi connectivity index (χ1v) is 6.85. The molecule has 3 nitrogen and oxygen atoms in total. The zero-order valence-corrected chi connectivity index (χ0v) is 12.5. The van der Waals surface area contributed by atoms with Crippen molar-refractivity contribution in [1.82, 2.24) is 0 Å². The highest BCUT2D eigenvalue weighted by atomic mass is 19.1. The highest BCUT2D eigenvalue weighted by molar-refractivity contribution is 5.59. The lowest BCUT2D eigenvalue weighted by atomic mass is 10.1. The Morgan fingerprint density at radius 1 is 1.10 bits per heavy atom. The molecular formula is C17H20FNO2. The Balaban J connectivity index is 2.07. The molecule has 0 aromatic heterocycles. The molecule has 21 heavy (non-hydrogen) atoms. The normalized spacial score (nSPS) is 11.8. The van der Waals surface area contributed by atoms with Gasteiger partial charge in [-0.05, 0) is 43.2 Å². The fourth-order valence-electron chi connectivity index (χ4n) is 2.25. The number of benzene rings is 2. The van der Waals surface area contributed by atoms with Gasteiger partial charge in [0.1, 0.15) is 17.3 Å². The summed E-state index contributed by atoms with van der Waals surface area (Å²) in [7, 11) is 3.24. The maximum absolute atomic E-state index is 13.2. The second-order valence-corrected chi connectivity index (χ2v) is 4.95. The maximum Gasteiger partial charge on any atom is 0.145 e. The SMILES string of the molecule is COc1ccc(NC(C)Cc2cccc(F)c2)c(OC)c1. The molecule has 2 aromatic carbocycles. The number of anilines is 1. The molecule has 0 radical (unpaired) electrons. The summed E-state index contributed by atoms with van der Waals surface area (Å²) < 4.78 is 23.7. The summed E-state index contributed by atoms with van der Waals surface area (Å²) in [6.07, 6.45) is 0.729. The smallest absolute Gasteiger partial charge is 0.145 e. The van der Waals surface area contributed by atoms with Crippen LogP contribution in [0.2, 0.25) is 0 Å². The van der Waals surface area contributed by atoms with Crippen LogP contribution in [-0.2, 0) is 6.42 Å². The Hall–Kier alpha value is -2.23. The largest absolute Gasteiger partial charge is 0.497 e. The van der Waals surface area contributed by atoms with E-state index in [1.165, 1.54) is 6.07 Å². The monoisotopic (exact) mass is 289 g/mol. The number of hydrogen-bond donors (Lipinski definition) is 1. The predicted octanol–water partition coefficient (Wildman–Crippen LogP) is 3.89. The number of hydrogen-bond acceptors (Lipinski definition) is 3. The lowest BCUT2D eigenvalue weighted by Gasteiger charge is -2.18. The molecular weight excluding hydrogens is 269 g/mol.